The fourth-order valence-electron chi connectivity index (χ4n) is 5.32. The number of aryl methyl sites for hydroxylation is 2. The zero-order chi connectivity index (χ0) is 35.3. The Bertz CT molecular complexity index is 2170. The van der Waals surface area contributed by atoms with Crippen molar-refractivity contribution in [3.63, 3.8) is 0 Å². The monoisotopic (exact) mass is 678 g/mol. The van der Waals surface area contributed by atoms with Gasteiger partial charge in [-0.25, -0.2) is 19.5 Å². The number of rotatable bonds is 11. The van der Waals surface area contributed by atoms with Crippen LogP contribution in [0.15, 0.2) is 116 Å². The van der Waals surface area contributed by atoms with Crippen LogP contribution in [0.4, 0.5) is 24.8 Å². The Kier molecular flexibility index (Phi) is 9.80. The van der Waals surface area contributed by atoms with E-state index in [2.05, 4.69) is 20.3 Å². The lowest BCUT2D eigenvalue weighted by atomic mass is 9.99. The minimum atomic E-state index is -4.58. The normalized spacial score (nSPS) is 11.3. The van der Waals surface area contributed by atoms with E-state index in [1.165, 1.54) is 0 Å². The number of hydrogen-bond donors (Lipinski definition) is 2. The van der Waals surface area contributed by atoms with Gasteiger partial charge in [-0.15, -0.1) is 0 Å². The number of carbonyl (C=O) groups excluding carboxylic acids is 2. The Morgan fingerprint density at radius 2 is 1.72 bits per heavy atom. The molecule has 6 aromatic rings. The van der Waals surface area contributed by atoms with Crippen molar-refractivity contribution in [3.8, 4) is 16.9 Å². The average molecular weight is 679 g/mol. The van der Waals surface area contributed by atoms with Gasteiger partial charge in [0.05, 0.1) is 23.2 Å². The highest BCUT2D eigenvalue weighted by Crippen LogP contribution is 2.31. The van der Waals surface area contributed by atoms with Gasteiger partial charge in [-0.2, -0.15) is 17.7 Å². The second-order valence-electron chi connectivity index (χ2n) is 11.8. The maximum atomic E-state index is 13.8. The number of anilines is 2. The van der Waals surface area contributed by atoms with Crippen molar-refractivity contribution in [2.45, 2.75) is 39.6 Å². The second-order valence-corrected chi connectivity index (χ2v) is 11.8. The van der Waals surface area contributed by atoms with Crippen molar-refractivity contribution in [1.82, 2.24) is 15.0 Å². The number of pyridine rings is 1. The van der Waals surface area contributed by atoms with E-state index < -0.39 is 11.7 Å². The highest BCUT2D eigenvalue weighted by atomic mass is 19.4. The Morgan fingerprint density at radius 3 is 2.48 bits per heavy atom. The fraction of sp³-hybridized carbons (Fsp3) is 0.158. The molecular formula is C38H33F3N6O3+2. The summed E-state index contributed by atoms with van der Waals surface area (Å²) in [5.41, 5.74) is 4.42. The summed E-state index contributed by atoms with van der Waals surface area (Å²) in [4.78, 5) is 37.7. The third kappa shape index (κ3) is 8.45. The van der Waals surface area contributed by atoms with E-state index in [1.807, 2.05) is 49.4 Å². The number of esters is 1. The predicted octanol–water partition coefficient (Wildman–Crippen LogP) is 6.58. The summed E-state index contributed by atoms with van der Waals surface area (Å²) < 4.78 is 50.1. The standard InChI is InChI=1S/C38H32F3N6O3/c1-25-10-11-29(35(48)17-28-15-31(38(39,40)41)20-32(16-28)47-21-26(2)43-23-47)19-34(25)45-37-42-13-12-33(44-37)30-9-6-14-46(22-30)24-50-36(49)18-27-7-4-3-5-8-27/h3-16,19-23H,17-18,24H2,1-2H3,(H,42,44,45)/q+1/p+1. The number of alkyl halides is 3. The predicted molar refractivity (Wildman–Crippen MR) is 178 cm³/mol. The Balaban J connectivity index is 1.16. The molecule has 2 N–H and O–H groups in total. The van der Waals surface area contributed by atoms with E-state index in [-0.39, 0.29) is 42.8 Å². The third-order valence-electron chi connectivity index (χ3n) is 7.91. The Morgan fingerprint density at radius 1 is 0.900 bits per heavy atom. The minimum Gasteiger partial charge on any atom is -0.405 e. The lowest BCUT2D eigenvalue weighted by Gasteiger charge is -2.12. The van der Waals surface area contributed by atoms with Crippen LogP contribution in [-0.4, -0.2) is 26.7 Å². The van der Waals surface area contributed by atoms with Crippen LogP contribution in [0.5, 0.6) is 0 Å². The van der Waals surface area contributed by atoms with Gasteiger partial charge in [0.15, 0.2) is 18.2 Å². The molecular weight excluding hydrogens is 645 g/mol. The summed E-state index contributed by atoms with van der Waals surface area (Å²) in [6.45, 7) is 3.68. The summed E-state index contributed by atoms with van der Waals surface area (Å²) >= 11 is 0. The number of ether oxygens (including phenoxy) is 1. The lowest BCUT2D eigenvalue weighted by molar-refractivity contribution is -0.727. The van der Waals surface area contributed by atoms with Gasteiger partial charge in [-0.3, -0.25) is 9.59 Å². The van der Waals surface area contributed by atoms with E-state index in [4.69, 9.17) is 4.74 Å². The van der Waals surface area contributed by atoms with Crippen molar-refractivity contribution in [1.29, 1.82) is 0 Å². The van der Waals surface area contributed by atoms with E-state index in [0.717, 1.165) is 34.5 Å². The summed E-state index contributed by atoms with van der Waals surface area (Å²) in [5.74, 6) is -0.410. The number of aromatic nitrogens is 5. The molecule has 3 aromatic carbocycles. The number of imidazole rings is 1. The molecule has 0 aliphatic carbocycles. The molecule has 0 unspecified atom stereocenters. The van der Waals surface area contributed by atoms with Crippen molar-refractivity contribution < 1.29 is 36.6 Å². The number of carbonyl (C=O) groups is 2. The first-order valence-electron chi connectivity index (χ1n) is 15.7. The molecule has 3 heterocycles. The van der Waals surface area contributed by atoms with Crippen LogP contribution in [0.3, 0.4) is 0 Å². The molecule has 50 heavy (non-hydrogen) atoms. The number of nitrogens with zero attached hydrogens (tertiary/aromatic N) is 4. The van der Waals surface area contributed by atoms with E-state index in [0.29, 0.717) is 22.6 Å². The number of Topliss-reactive ketones (excluding diaryl/α,β-unsaturated/α-hetero) is 1. The van der Waals surface area contributed by atoms with E-state index in [1.54, 1.807) is 77.5 Å². The molecule has 0 fully saturated rings. The first-order valence-corrected chi connectivity index (χ1v) is 15.7. The topological polar surface area (TPSA) is 105 Å². The van der Waals surface area contributed by atoms with Crippen molar-refractivity contribution in [2.75, 3.05) is 5.32 Å². The molecule has 0 saturated carbocycles. The van der Waals surface area contributed by atoms with Gasteiger partial charge in [-0.05, 0) is 60.0 Å². The lowest BCUT2D eigenvalue weighted by Crippen LogP contribution is -2.35. The summed E-state index contributed by atoms with van der Waals surface area (Å²) in [7, 11) is 0. The maximum absolute atomic E-state index is 13.8. The highest BCUT2D eigenvalue weighted by Gasteiger charge is 2.32. The van der Waals surface area contributed by atoms with Crippen LogP contribution < -0.4 is 14.5 Å². The average Bonchev–Trinajstić information content (AvgIpc) is 3.55. The molecule has 3 aromatic heterocycles. The smallest absolute Gasteiger partial charge is 0.405 e. The van der Waals surface area contributed by atoms with E-state index >= 15 is 0 Å². The summed E-state index contributed by atoms with van der Waals surface area (Å²) in [6, 6.07) is 23.5. The third-order valence-corrected chi connectivity index (χ3v) is 7.91. The molecule has 0 atom stereocenters. The molecule has 0 amide bonds. The molecule has 9 nitrogen and oxygen atoms in total. The fourth-order valence-corrected chi connectivity index (χ4v) is 5.32. The Labute approximate surface area is 286 Å². The molecule has 0 aliphatic rings. The van der Waals surface area contributed by atoms with Crippen molar-refractivity contribution >= 4 is 23.4 Å². The van der Waals surface area contributed by atoms with Gasteiger partial charge < -0.3 is 10.1 Å². The zero-order valence-corrected chi connectivity index (χ0v) is 27.2. The second kappa shape index (κ2) is 14.5. The number of nitrogens with one attached hydrogen (secondary N) is 2. The quantitative estimate of drug-likeness (QED) is 0.0912. The van der Waals surface area contributed by atoms with Gasteiger partial charge in [0.1, 0.15) is 17.6 Å². The molecule has 0 bridgehead atoms. The summed E-state index contributed by atoms with van der Waals surface area (Å²) in [6.07, 6.45) is 3.79. The summed E-state index contributed by atoms with van der Waals surface area (Å²) in [5, 5.41) is 3.18. The Hall–Kier alpha value is -6.17. The van der Waals surface area contributed by atoms with Crippen LogP contribution in [0.1, 0.15) is 38.3 Å². The van der Waals surface area contributed by atoms with E-state index in [9.17, 15) is 22.8 Å². The number of hydrogen-bond acceptors (Lipinski definition) is 6. The van der Waals surface area contributed by atoms with Gasteiger partial charge in [-0.1, -0.05) is 42.5 Å². The zero-order valence-electron chi connectivity index (χ0n) is 27.2. The number of benzene rings is 3. The molecule has 0 aliphatic heterocycles. The van der Waals surface area contributed by atoms with Crippen molar-refractivity contribution in [2.24, 2.45) is 0 Å². The van der Waals surface area contributed by atoms with Crippen molar-refractivity contribution in [3.05, 3.63) is 150 Å². The molecule has 0 spiro atoms. The number of halogens is 3. The van der Waals surface area contributed by atoms with Crippen LogP contribution in [0, 0.1) is 13.8 Å². The SMILES string of the molecule is Cc1c[n+](-c2cc(CC(=O)c3ccc(C)c(Nc4nccc(-c5ccc[n+](COC(=O)Cc6ccccc6)c5)n4)c3)cc(C(F)(F)F)c2)c[nH]1. The van der Waals surface area contributed by atoms with Gasteiger partial charge in [0.2, 0.25) is 12.3 Å². The minimum absolute atomic E-state index is 0.0299. The van der Waals surface area contributed by atoms with Crippen LogP contribution in [0.2, 0.25) is 0 Å². The molecule has 12 heteroatoms. The van der Waals surface area contributed by atoms with Crippen LogP contribution >= 0.6 is 0 Å². The number of H-pyrrole nitrogens is 1. The van der Waals surface area contributed by atoms with Gasteiger partial charge >= 0.3 is 12.1 Å². The van der Waals surface area contributed by atoms with Crippen LogP contribution in [0.25, 0.3) is 16.9 Å². The molecule has 252 valence electrons. The van der Waals surface area contributed by atoms with Gasteiger partial charge in [0.25, 0.3) is 6.73 Å². The van der Waals surface area contributed by atoms with Crippen LogP contribution in [-0.2, 0) is 35.3 Å². The highest BCUT2D eigenvalue weighted by molar-refractivity contribution is 5.98. The largest absolute Gasteiger partial charge is 0.416 e. The first-order chi connectivity index (χ1) is 24.0. The maximum Gasteiger partial charge on any atom is 0.416 e. The number of aromatic amines is 1. The first kappa shape index (κ1) is 33.7. The molecule has 0 saturated heterocycles. The molecule has 6 rings (SSSR count). The van der Waals surface area contributed by atoms with Gasteiger partial charge in [0, 0.05) is 36.9 Å². The molecule has 0 radical (unpaired) electrons. The number of ketones is 1.